The Morgan fingerprint density at radius 2 is 1.63 bits per heavy atom. The molecular weight excluding hydrogens is 260 g/mol. The van der Waals surface area contributed by atoms with Gasteiger partial charge < -0.3 is 4.79 Å². The molecule has 4 heteroatoms. The van der Waals surface area contributed by atoms with Crippen LogP contribution in [0.25, 0.3) is 0 Å². The summed E-state index contributed by atoms with van der Waals surface area (Å²) in [6.45, 7) is 8.47. The van der Waals surface area contributed by atoms with E-state index in [-0.39, 0.29) is 0 Å². The van der Waals surface area contributed by atoms with Crippen molar-refractivity contribution in [2.75, 3.05) is 0 Å². The molecule has 0 aliphatic carbocycles. The molecule has 0 N–H and O–H groups in total. The molecule has 106 valence electrons. The van der Waals surface area contributed by atoms with Gasteiger partial charge in [-0.25, -0.2) is 8.42 Å². The third-order valence-electron chi connectivity index (χ3n) is 4.16. The van der Waals surface area contributed by atoms with Crippen molar-refractivity contribution in [2.24, 2.45) is 5.41 Å². The molecule has 1 aromatic rings. The SMILES string of the molecule is CCc1ccccc1S(=O)(=O)C(C)(C)C(C)(C)C=O. The maximum Gasteiger partial charge on any atom is 0.184 e. The number of rotatable bonds is 5. The molecule has 0 amide bonds. The Bertz CT molecular complexity index is 569. The summed E-state index contributed by atoms with van der Waals surface area (Å²) in [4.78, 5) is 11.6. The highest BCUT2D eigenvalue weighted by molar-refractivity contribution is 7.93. The van der Waals surface area contributed by atoms with Crippen LogP contribution in [0.3, 0.4) is 0 Å². The van der Waals surface area contributed by atoms with E-state index in [0.717, 1.165) is 11.8 Å². The Morgan fingerprint density at radius 1 is 1.11 bits per heavy atom. The second-order valence-electron chi connectivity index (χ2n) is 5.81. The van der Waals surface area contributed by atoms with Crippen molar-refractivity contribution in [3.63, 3.8) is 0 Å². The number of carbonyl (C=O) groups is 1. The van der Waals surface area contributed by atoms with Gasteiger partial charge in [0.05, 0.1) is 9.64 Å². The largest absolute Gasteiger partial charge is 0.303 e. The van der Waals surface area contributed by atoms with Crippen molar-refractivity contribution in [3.8, 4) is 0 Å². The van der Waals surface area contributed by atoms with Gasteiger partial charge in [-0.15, -0.1) is 0 Å². The van der Waals surface area contributed by atoms with E-state index in [2.05, 4.69) is 0 Å². The molecule has 19 heavy (non-hydrogen) atoms. The van der Waals surface area contributed by atoms with Gasteiger partial charge in [-0.2, -0.15) is 0 Å². The van der Waals surface area contributed by atoms with Crippen LogP contribution in [0.4, 0.5) is 0 Å². The van der Waals surface area contributed by atoms with E-state index >= 15 is 0 Å². The van der Waals surface area contributed by atoms with E-state index in [9.17, 15) is 13.2 Å². The van der Waals surface area contributed by atoms with Gasteiger partial charge in [-0.3, -0.25) is 0 Å². The quantitative estimate of drug-likeness (QED) is 0.780. The van der Waals surface area contributed by atoms with E-state index in [1.165, 1.54) is 0 Å². The van der Waals surface area contributed by atoms with Crippen LogP contribution in [0.15, 0.2) is 29.2 Å². The lowest BCUT2D eigenvalue weighted by molar-refractivity contribution is -0.115. The third-order valence-corrected chi connectivity index (χ3v) is 7.01. The standard InChI is InChI=1S/C15H22O3S/c1-6-12-9-7-8-10-13(12)19(17,18)15(4,5)14(2,3)11-16/h7-11H,6H2,1-5H3. The lowest BCUT2D eigenvalue weighted by atomic mass is 9.82. The van der Waals surface area contributed by atoms with E-state index in [4.69, 9.17) is 0 Å². The zero-order chi connectivity index (χ0) is 14.9. The molecule has 0 bridgehead atoms. The van der Waals surface area contributed by atoms with E-state index in [1.807, 2.05) is 19.1 Å². The average molecular weight is 282 g/mol. The summed E-state index contributed by atoms with van der Waals surface area (Å²) in [5, 5.41) is 0. The first-order valence-corrected chi connectivity index (χ1v) is 7.89. The van der Waals surface area contributed by atoms with Crippen LogP contribution in [-0.2, 0) is 21.1 Å². The third kappa shape index (κ3) is 2.46. The smallest absolute Gasteiger partial charge is 0.184 e. The fourth-order valence-corrected chi connectivity index (χ4v) is 3.93. The topological polar surface area (TPSA) is 51.2 Å². The maximum atomic E-state index is 12.9. The summed E-state index contributed by atoms with van der Waals surface area (Å²) < 4.78 is 24.6. The van der Waals surface area contributed by atoms with Gasteiger partial charge in [0.1, 0.15) is 6.29 Å². The van der Waals surface area contributed by atoms with Gasteiger partial charge in [0.2, 0.25) is 0 Å². The van der Waals surface area contributed by atoms with Crippen LogP contribution in [0, 0.1) is 5.41 Å². The Balaban J connectivity index is 3.52. The van der Waals surface area contributed by atoms with Crippen molar-refractivity contribution in [2.45, 2.75) is 50.7 Å². The highest BCUT2D eigenvalue weighted by Gasteiger charge is 2.48. The Hall–Kier alpha value is -1.16. The van der Waals surface area contributed by atoms with Gasteiger partial charge >= 0.3 is 0 Å². The first-order valence-electron chi connectivity index (χ1n) is 6.40. The lowest BCUT2D eigenvalue weighted by Gasteiger charge is -2.37. The van der Waals surface area contributed by atoms with Crippen LogP contribution >= 0.6 is 0 Å². The number of benzene rings is 1. The predicted molar refractivity (Wildman–Crippen MR) is 76.9 cm³/mol. The fourth-order valence-electron chi connectivity index (χ4n) is 1.82. The number of aldehydes is 1. The number of aryl methyl sites for hydroxylation is 1. The summed E-state index contributed by atoms with van der Waals surface area (Å²) in [5.74, 6) is 0. The van der Waals surface area contributed by atoms with E-state index < -0.39 is 20.0 Å². The van der Waals surface area contributed by atoms with Gasteiger partial charge in [-0.1, -0.05) is 39.0 Å². The molecule has 0 aliphatic rings. The number of hydrogen-bond acceptors (Lipinski definition) is 3. The molecule has 0 heterocycles. The van der Waals surface area contributed by atoms with E-state index in [0.29, 0.717) is 11.3 Å². The minimum atomic E-state index is -3.58. The van der Waals surface area contributed by atoms with Crippen molar-refractivity contribution in [1.29, 1.82) is 0 Å². The summed E-state index contributed by atoms with van der Waals surface area (Å²) in [5.41, 5.74) is -0.163. The first-order chi connectivity index (χ1) is 8.61. The summed E-state index contributed by atoms with van der Waals surface area (Å²) >= 11 is 0. The maximum absolute atomic E-state index is 12.9. The van der Waals surface area contributed by atoms with Crippen LogP contribution in [0.1, 0.15) is 40.2 Å². The average Bonchev–Trinajstić information content (AvgIpc) is 2.38. The predicted octanol–water partition coefficient (Wildman–Crippen LogP) is 3.03. The zero-order valence-corrected chi connectivity index (χ0v) is 13.0. The Morgan fingerprint density at radius 3 is 2.11 bits per heavy atom. The Kier molecular flexibility index (Phi) is 4.25. The van der Waals surface area contributed by atoms with Crippen LogP contribution in [0.5, 0.6) is 0 Å². The summed E-state index contributed by atoms with van der Waals surface area (Å²) in [6.07, 6.45) is 1.37. The molecule has 1 rings (SSSR count). The monoisotopic (exact) mass is 282 g/mol. The van der Waals surface area contributed by atoms with E-state index in [1.54, 1.807) is 39.8 Å². The van der Waals surface area contributed by atoms with Crippen LogP contribution in [-0.4, -0.2) is 19.5 Å². The van der Waals surface area contributed by atoms with Gasteiger partial charge in [0.25, 0.3) is 0 Å². The van der Waals surface area contributed by atoms with Crippen molar-refractivity contribution in [1.82, 2.24) is 0 Å². The van der Waals surface area contributed by atoms with Gasteiger partial charge in [-0.05, 0) is 31.9 Å². The molecule has 0 unspecified atom stereocenters. The van der Waals surface area contributed by atoms with Crippen molar-refractivity contribution in [3.05, 3.63) is 29.8 Å². The highest BCUT2D eigenvalue weighted by atomic mass is 32.2. The van der Waals surface area contributed by atoms with Crippen molar-refractivity contribution < 1.29 is 13.2 Å². The molecule has 0 spiro atoms. The Labute approximate surface area is 116 Å². The summed E-state index contributed by atoms with van der Waals surface area (Å²) in [7, 11) is -3.58. The van der Waals surface area contributed by atoms with Crippen molar-refractivity contribution >= 4 is 16.1 Å². The molecular formula is C15H22O3S. The lowest BCUT2D eigenvalue weighted by Crippen LogP contribution is -2.47. The molecule has 0 saturated carbocycles. The molecule has 0 aromatic heterocycles. The van der Waals surface area contributed by atoms with Crippen LogP contribution < -0.4 is 0 Å². The molecule has 3 nitrogen and oxygen atoms in total. The summed E-state index contributed by atoms with van der Waals surface area (Å²) in [6, 6.07) is 6.99. The molecule has 1 aromatic carbocycles. The number of hydrogen-bond donors (Lipinski definition) is 0. The number of sulfone groups is 1. The minimum Gasteiger partial charge on any atom is -0.303 e. The zero-order valence-electron chi connectivity index (χ0n) is 12.2. The minimum absolute atomic E-state index is 0.331. The number of carbonyl (C=O) groups excluding carboxylic acids is 1. The van der Waals surface area contributed by atoms with Gasteiger partial charge in [0, 0.05) is 5.41 Å². The molecule has 0 saturated heterocycles. The van der Waals surface area contributed by atoms with Gasteiger partial charge in [0.15, 0.2) is 9.84 Å². The second kappa shape index (κ2) is 5.08. The first kappa shape index (κ1) is 15.9. The van der Waals surface area contributed by atoms with Crippen LogP contribution in [0.2, 0.25) is 0 Å². The second-order valence-corrected chi connectivity index (χ2v) is 8.28. The molecule has 0 fully saturated rings. The normalized spacial score (nSPS) is 13.3. The molecule has 0 aliphatic heterocycles. The molecule has 0 radical (unpaired) electrons. The molecule has 0 atom stereocenters. The highest BCUT2D eigenvalue weighted by Crippen LogP contribution is 2.40. The fraction of sp³-hybridized carbons (Fsp3) is 0.533.